The summed E-state index contributed by atoms with van der Waals surface area (Å²) in [7, 11) is -4.61. The van der Waals surface area contributed by atoms with E-state index in [0.717, 1.165) is 12.1 Å². The van der Waals surface area contributed by atoms with Crippen molar-refractivity contribution in [3.8, 4) is 11.5 Å². The molecule has 0 aliphatic rings. The van der Waals surface area contributed by atoms with E-state index in [-0.39, 0.29) is 57.7 Å². The van der Waals surface area contributed by atoms with Crippen LogP contribution in [0.2, 0.25) is 0 Å². The minimum absolute atomic E-state index is 0.0848. The Morgan fingerprint density at radius 3 is 1.21 bits per heavy atom. The first-order chi connectivity index (χ1) is 24.3. The molecule has 2 aromatic heterocycles. The van der Waals surface area contributed by atoms with Gasteiger partial charge < -0.3 is 30.0 Å². The molecule has 18 heteroatoms. The third-order valence-corrected chi connectivity index (χ3v) is 10.1. The largest absolute Gasteiger partial charge is 0.503 e. The molecule has 52 heavy (non-hydrogen) atoms. The van der Waals surface area contributed by atoms with Gasteiger partial charge in [-0.3, -0.25) is 19.2 Å². The zero-order chi connectivity index (χ0) is 39.0. The van der Waals surface area contributed by atoms with Gasteiger partial charge in [0.15, 0.2) is 22.9 Å². The van der Waals surface area contributed by atoms with Crippen LogP contribution in [0.25, 0.3) is 0 Å². The molecule has 16 nitrogen and oxygen atoms in total. The zero-order valence-corrected chi connectivity index (χ0v) is 31.0. The van der Waals surface area contributed by atoms with E-state index in [9.17, 15) is 46.2 Å². The Hall–Kier alpha value is -5.30. The maximum atomic E-state index is 12.3. The van der Waals surface area contributed by atoms with Gasteiger partial charge in [0.2, 0.25) is 30.9 Å². The van der Waals surface area contributed by atoms with E-state index in [1.807, 2.05) is 0 Å². The lowest BCUT2D eigenvalue weighted by Crippen LogP contribution is -2.34. The van der Waals surface area contributed by atoms with E-state index in [0.29, 0.717) is 0 Å². The number of benzene rings is 2. The molecule has 4 rings (SSSR count). The summed E-state index contributed by atoms with van der Waals surface area (Å²) in [5, 5.41) is 25.1. The molecule has 0 saturated heterocycles. The van der Waals surface area contributed by atoms with E-state index in [2.05, 4.69) is 20.1 Å². The highest BCUT2D eigenvalue weighted by molar-refractivity contribution is 7.89. The Kier molecular flexibility index (Phi) is 13.7. The molecule has 0 radical (unpaired) electrons. The van der Waals surface area contributed by atoms with Crippen molar-refractivity contribution < 1.29 is 36.6 Å². The van der Waals surface area contributed by atoms with Gasteiger partial charge in [0, 0.05) is 49.7 Å². The van der Waals surface area contributed by atoms with E-state index in [1.165, 1.54) is 47.5 Å². The van der Waals surface area contributed by atoms with Gasteiger partial charge >= 0.3 is 0 Å². The van der Waals surface area contributed by atoms with Gasteiger partial charge in [-0.25, -0.2) is 26.3 Å². The molecule has 280 valence electrons. The quantitative estimate of drug-likeness (QED) is 0.122. The lowest BCUT2D eigenvalue weighted by atomic mass is 10.2. The fourth-order valence-electron chi connectivity index (χ4n) is 4.70. The predicted octanol–water partition coefficient (Wildman–Crippen LogP) is 1.42. The monoisotopic (exact) mass is 758 g/mol. The average Bonchev–Trinajstić information content (AvgIpc) is 3.07. The van der Waals surface area contributed by atoms with Gasteiger partial charge in [0.05, 0.1) is 22.9 Å². The van der Waals surface area contributed by atoms with Crippen LogP contribution in [0.15, 0.2) is 92.2 Å². The molecule has 0 aliphatic heterocycles. The highest BCUT2D eigenvalue weighted by Crippen LogP contribution is 2.16. The summed E-state index contributed by atoms with van der Waals surface area (Å²) in [6, 6.07) is 17.3. The second-order valence-electron chi connectivity index (χ2n) is 12.0. The van der Waals surface area contributed by atoms with Crippen molar-refractivity contribution in [3.05, 3.63) is 116 Å². The van der Waals surface area contributed by atoms with Crippen molar-refractivity contribution in [1.82, 2.24) is 29.2 Å². The predicted molar refractivity (Wildman–Crippen MR) is 193 cm³/mol. The number of aromatic hydroxyl groups is 2. The number of amides is 2. The topological polar surface area (TPSA) is 235 Å². The molecule has 0 fully saturated rings. The Labute approximate surface area is 301 Å². The van der Waals surface area contributed by atoms with E-state index < -0.39 is 54.2 Å². The smallest absolute Gasteiger partial charge is 0.272 e. The molecule has 0 unspecified atom stereocenters. The van der Waals surface area contributed by atoms with Crippen LogP contribution < -0.4 is 30.9 Å². The summed E-state index contributed by atoms with van der Waals surface area (Å²) < 4.78 is 56.6. The van der Waals surface area contributed by atoms with Crippen molar-refractivity contribution in [2.75, 3.05) is 0 Å². The number of sulfonamides is 2. The molecular formula is C34H42N6O10S2. The van der Waals surface area contributed by atoms with Gasteiger partial charge in [0.25, 0.3) is 11.8 Å². The summed E-state index contributed by atoms with van der Waals surface area (Å²) in [5.41, 5.74) is -1.49. The van der Waals surface area contributed by atoms with E-state index in [1.54, 1.807) is 64.1 Å². The molecule has 2 amide bonds. The Bertz CT molecular complexity index is 2090. The number of carbonyl (C=O) groups is 2. The molecular weight excluding hydrogens is 717 g/mol. The highest BCUT2D eigenvalue weighted by Gasteiger charge is 2.23. The Morgan fingerprint density at radius 2 is 0.923 bits per heavy atom. The highest BCUT2D eigenvalue weighted by atomic mass is 32.2. The van der Waals surface area contributed by atoms with Gasteiger partial charge in [-0.15, -0.1) is 0 Å². The van der Waals surface area contributed by atoms with Crippen LogP contribution in [-0.2, 0) is 47.2 Å². The molecule has 2 heterocycles. The number of nitrogens with zero attached hydrogens (tertiary/aromatic N) is 2. The van der Waals surface area contributed by atoms with Gasteiger partial charge in [-0.05, 0) is 52.0 Å². The van der Waals surface area contributed by atoms with Crippen molar-refractivity contribution in [3.63, 3.8) is 0 Å². The second-order valence-corrected chi connectivity index (χ2v) is 15.6. The van der Waals surface area contributed by atoms with Crippen LogP contribution in [0.5, 0.6) is 11.5 Å². The summed E-state index contributed by atoms with van der Waals surface area (Å²) in [4.78, 5) is 48.6. The molecule has 2 aromatic carbocycles. The SMILES string of the molecule is CC(C)NC(=O)c1c(O)c(=O)cc(CNS(=O)(=O)c2ccccc2)n1C.CC(C)NC(=O)c1c(O)c(=O)cc(CNS(=O)(=O)c2ccccc2)n1C. The molecule has 0 aliphatic carbocycles. The molecule has 0 bridgehead atoms. The van der Waals surface area contributed by atoms with E-state index in [4.69, 9.17) is 0 Å². The first-order valence-corrected chi connectivity index (χ1v) is 18.8. The molecule has 0 saturated carbocycles. The Balaban J connectivity index is 0.000000280. The first kappa shape index (κ1) is 41.1. The van der Waals surface area contributed by atoms with Crippen molar-refractivity contribution in [2.24, 2.45) is 14.1 Å². The Morgan fingerprint density at radius 1 is 0.615 bits per heavy atom. The van der Waals surface area contributed by atoms with Gasteiger partial charge in [-0.1, -0.05) is 36.4 Å². The van der Waals surface area contributed by atoms with Crippen LogP contribution in [-0.4, -0.2) is 60.1 Å². The number of rotatable bonds is 12. The lowest BCUT2D eigenvalue weighted by molar-refractivity contribution is 0.0921. The number of nitrogens with one attached hydrogen (secondary N) is 4. The molecule has 4 aromatic rings. The van der Waals surface area contributed by atoms with Crippen LogP contribution in [0.1, 0.15) is 60.1 Å². The maximum absolute atomic E-state index is 12.3. The molecule has 6 N–H and O–H groups in total. The molecule has 0 atom stereocenters. The average molecular weight is 759 g/mol. The fraction of sp³-hybridized carbons (Fsp3) is 0.294. The van der Waals surface area contributed by atoms with Crippen molar-refractivity contribution in [1.29, 1.82) is 0 Å². The van der Waals surface area contributed by atoms with E-state index >= 15 is 0 Å². The lowest BCUT2D eigenvalue weighted by Gasteiger charge is -2.17. The van der Waals surface area contributed by atoms with Crippen LogP contribution >= 0.6 is 0 Å². The number of aromatic nitrogens is 2. The summed E-state index contributed by atoms with van der Waals surface area (Å²) in [6.45, 7) is 6.53. The zero-order valence-electron chi connectivity index (χ0n) is 29.4. The fourth-order valence-corrected chi connectivity index (χ4v) is 6.74. The maximum Gasteiger partial charge on any atom is 0.272 e. The summed E-state index contributed by atoms with van der Waals surface area (Å²) in [5.74, 6) is -2.60. The van der Waals surface area contributed by atoms with Gasteiger partial charge in [0.1, 0.15) is 0 Å². The number of carbonyl (C=O) groups excluding carboxylic acids is 2. The number of hydrogen-bond donors (Lipinski definition) is 6. The summed E-state index contributed by atoms with van der Waals surface area (Å²) >= 11 is 0. The van der Waals surface area contributed by atoms with Crippen molar-refractivity contribution in [2.45, 2.75) is 62.7 Å². The molecule has 0 spiro atoms. The minimum atomic E-state index is -3.78. The normalized spacial score (nSPS) is 11.5. The third-order valence-electron chi connectivity index (χ3n) is 7.31. The van der Waals surface area contributed by atoms with Gasteiger partial charge in [-0.2, -0.15) is 0 Å². The number of hydrogen-bond acceptors (Lipinski definition) is 10. The second kappa shape index (κ2) is 17.3. The minimum Gasteiger partial charge on any atom is -0.503 e. The first-order valence-electron chi connectivity index (χ1n) is 15.8. The van der Waals surface area contributed by atoms with Crippen LogP contribution in [0.3, 0.4) is 0 Å². The van der Waals surface area contributed by atoms with Crippen LogP contribution in [0.4, 0.5) is 0 Å². The standard InChI is InChI=1S/2C17H21N3O5S/c2*1-11(2)19-17(23)15-16(22)14(21)9-12(20(15)3)10-18-26(24,25)13-7-5-4-6-8-13/h2*4-9,11,18,22H,10H2,1-3H3,(H,19,23). The van der Waals surface area contributed by atoms with Crippen molar-refractivity contribution >= 4 is 31.9 Å². The number of pyridine rings is 2. The van der Waals surface area contributed by atoms with Crippen LogP contribution in [0, 0.1) is 0 Å². The third kappa shape index (κ3) is 10.4. The summed E-state index contributed by atoms with van der Waals surface area (Å²) in [6.07, 6.45) is 0.